The van der Waals surface area contributed by atoms with Gasteiger partial charge in [0.2, 0.25) is 0 Å². The molecule has 0 spiro atoms. The Morgan fingerprint density at radius 3 is 1.91 bits per heavy atom. The molecule has 11 heavy (non-hydrogen) atoms. The largest absolute Gasteiger partial charge is 0.396 e. The second-order valence-electron chi connectivity index (χ2n) is 1.60. The summed E-state index contributed by atoms with van der Waals surface area (Å²) in [5.74, 6) is 0. The fraction of sp³-hybridized carbons (Fsp3) is 0.333. The first-order valence-corrected chi connectivity index (χ1v) is 6.49. The molecule has 0 atom stereocenters. The second kappa shape index (κ2) is 5.72. The van der Waals surface area contributed by atoms with E-state index in [0.717, 1.165) is 0 Å². The Morgan fingerprint density at radius 1 is 1.27 bits per heavy atom. The molecule has 0 N–H and O–H groups in total. The van der Waals surface area contributed by atoms with E-state index < -0.39 is 6.30 Å². The fourth-order valence-electron chi connectivity index (χ4n) is 0.321. The molecular formula is C6H10BrO3P. The van der Waals surface area contributed by atoms with Crippen molar-refractivity contribution in [3.63, 3.8) is 0 Å². The van der Waals surface area contributed by atoms with Crippen LogP contribution in [0.5, 0.6) is 0 Å². The van der Waals surface area contributed by atoms with E-state index in [0.29, 0.717) is 0 Å². The maximum absolute atomic E-state index is 11.1. The molecule has 0 aromatic heterocycles. The first kappa shape index (κ1) is 11.1. The van der Waals surface area contributed by atoms with E-state index in [1.54, 1.807) is 0 Å². The van der Waals surface area contributed by atoms with Gasteiger partial charge in [0.25, 0.3) is 0 Å². The summed E-state index contributed by atoms with van der Waals surface area (Å²) < 4.78 is 20.6. The molecule has 3 nitrogen and oxygen atoms in total. The molecule has 0 saturated carbocycles. The van der Waals surface area contributed by atoms with Crippen LogP contribution in [0.25, 0.3) is 0 Å². The molecular weight excluding hydrogens is 231 g/mol. The van der Waals surface area contributed by atoms with Gasteiger partial charge in [-0.1, -0.05) is 12.2 Å². The third-order valence-electron chi connectivity index (χ3n) is 0.693. The maximum atomic E-state index is 11.1. The Morgan fingerprint density at radius 2 is 1.64 bits per heavy atom. The van der Waals surface area contributed by atoms with Crippen LogP contribution < -0.4 is 0 Å². The molecule has 5 heteroatoms. The summed E-state index contributed by atoms with van der Waals surface area (Å²) in [7, 11) is 0. The molecule has 0 amide bonds. The molecule has 0 radical (unpaired) electrons. The Kier molecular flexibility index (Phi) is 5.78. The molecule has 64 valence electrons. The second-order valence-corrected chi connectivity index (χ2v) is 5.58. The number of hydrogen-bond acceptors (Lipinski definition) is 3. The lowest BCUT2D eigenvalue weighted by molar-refractivity contribution is 0.256. The summed E-state index contributed by atoms with van der Waals surface area (Å²) in [4.78, 5) is 0. The highest BCUT2D eigenvalue weighted by Gasteiger charge is 2.17. The molecule has 0 aliphatic heterocycles. The summed E-state index contributed by atoms with van der Waals surface area (Å²) in [5, 5.41) is 0. The van der Waals surface area contributed by atoms with Crippen molar-refractivity contribution in [3.8, 4) is 0 Å². The van der Waals surface area contributed by atoms with E-state index in [2.05, 4.69) is 28.6 Å². The van der Waals surface area contributed by atoms with Crippen LogP contribution in [-0.2, 0) is 13.6 Å². The zero-order valence-electron chi connectivity index (χ0n) is 6.03. The monoisotopic (exact) mass is 240 g/mol. The summed E-state index contributed by atoms with van der Waals surface area (Å²) in [5.41, 5.74) is 0. The third-order valence-corrected chi connectivity index (χ3v) is 2.84. The minimum atomic E-state index is -3.06. The van der Waals surface area contributed by atoms with Gasteiger partial charge >= 0.3 is 6.30 Å². The standard InChI is InChI=1S/C6H10BrO3P/c1-3-5-9-11(7,8)10-6-4-2/h3-4H,1-2,5-6H2. The molecule has 0 fully saturated rings. The smallest absolute Gasteiger partial charge is 0.296 e. The quantitative estimate of drug-likeness (QED) is 0.529. The normalized spacial score (nSPS) is 11.0. The zero-order chi connectivity index (χ0) is 8.74. The predicted molar refractivity (Wildman–Crippen MR) is 48.8 cm³/mol. The topological polar surface area (TPSA) is 35.5 Å². The average molecular weight is 241 g/mol. The van der Waals surface area contributed by atoms with Crippen molar-refractivity contribution in [2.45, 2.75) is 0 Å². The SMILES string of the molecule is C=CCOP(=O)(Br)OCC=C. The highest BCUT2D eigenvalue weighted by atomic mass is 79.9. The molecule has 0 rings (SSSR count). The van der Waals surface area contributed by atoms with Gasteiger partial charge in [0.1, 0.15) is 0 Å². The molecule has 0 aliphatic carbocycles. The van der Waals surface area contributed by atoms with Crippen molar-refractivity contribution < 1.29 is 13.6 Å². The number of halogens is 1. The molecule has 0 aromatic rings. The first-order valence-electron chi connectivity index (χ1n) is 2.93. The Balaban J connectivity index is 3.69. The van der Waals surface area contributed by atoms with Gasteiger partial charge in [-0.05, 0) is 0 Å². The number of hydrogen-bond donors (Lipinski definition) is 0. The van der Waals surface area contributed by atoms with E-state index in [4.69, 9.17) is 9.05 Å². The van der Waals surface area contributed by atoms with Gasteiger partial charge in [-0.3, -0.25) is 9.05 Å². The van der Waals surface area contributed by atoms with E-state index in [1.165, 1.54) is 12.2 Å². The summed E-state index contributed by atoms with van der Waals surface area (Å²) in [6.07, 6.45) is -0.0731. The highest BCUT2D eigenvalue weighted by molar-refractivity contribution is 9.39. The van der Waals surface area contributed by atoms with Gasteiger partial charge in [-0.2, -0.15) is 0 Å². The van der Waals surface area contributed by atoms with Gasteiger partial charge in [0.05, 0.1) is 13.2 Å². The van der Waals surface area contributed by atoms with Crippen molar-refractivity contribution >= 4 is 21.8 Å². The van der Waals surface area contributed by atoms with Crippen molar-refractivity contribution in [1.82, 2.24) is 0 Å². The summed E-state index contributed by atoms with van der Waals surface area (Å²) >= 11 is 2.80. The molecule has 0 heterocycles. The first-order chi connectivity index (χ1) is 5.12. The van der Waals surface area contributed by atoms with Crippen LogP contribution in [0.1, 0.15) is 0 Å². The van der Waals surface area contributed by atoms with E-state index in [9.17, 15) is 4.57 Å². The summed E-state index contributed by atoms with van der Waals surface area (Å²) in [6, 6.07) is 0. The molecule has 0 aliphatic rings. The zero-order valence-corrected chi connectivity index (χ0v) is 8.51. The van der Waals surface area contributed by atoms with Crippen molar-refractivity contribution in [2.75, 3.05) is 13.2 Å². The highest BCUT2D eigenvalue weighted by Crippen LogP contribution is 2.55. The van der Waals surface area contributed by atoms with Crippen molar-refractivity contribution in [1.29, 1.82) is 0 Å². The van der Waals surface area contributed by atoms with E-state index in [-0.39, 0.29) is 13.2 Å². The van der Waals surface area contributed by atoms with Crippen LogP contribution in [0, 0.1) is 0 Å². The van der Waals surface area contributed by atoms with Gasteiger partial charge in [0, 0.05) is 15.5 Å². The Bertz CT molecular complexity index is 165. The van der Waals surface area contributed by atoms with E-state index >= 15 is 0 Å². The fourth-order valence-corrected chi connectivity index (χ4v) is 1.67. The average Bonchev–Trinajstić information content (AvgIpc) is 1.97. The van der Waals surface area contributed by atoms with E-state index in [1.807, 2.05) is 0 Å². The van der Waals surface area contributed by atoms with Gasteiger partial charge in [0.15, 0.2) is 0 Å². The third kappa shape index (κ3) is 6.51. The lowest BCUT2D eigenvalue weighted by Gasteiger charge is -2.08. The van der Waals surface area contributed by atoms with Gasteiger partial charge in [-0.25, -0.2) is 4.57 Å². The van der Waals surface area contributed by atoms with Gasteiger partial charge < -0.3 is 0 Å². The van der Waals surface area contributed by atoms with Crippen LogP contribution in [-0.4, -0.2) is 13.2 Å². The minimum absolute atomic E-state index is 0.194. The Hall–Kier alpha value is 0.110. The van der Waals surface area contributed by atoms with Crippen LogP contribution in [0.2, 0.25) is 0 Å². The van der Waals surface area contributed by atoms with Crippen molar-refractivity contribution in [2.24, 2.45) is 0 Å². The minimum Gasteiger partial charge on any atom is -0.296 e. The van der Waals surface area contributed by atoms with Crippen LogP contribution in [0.15, 0.2) is 25.3 Å². The Labute approximate surface area is 74.4 Å². The van der Waals surface area contributed by atoms with Crippen LogP contribution in [0.4, 0.5) is 0 Å². The van der Waals surface area contributed by atoms with Gasteiger partial charge in [-0.15, -0.1) is 13.2 Å². The molecule has 0 saturated heterocycles. The molecule has 0 unspecified atom stereocenters. The lowest BCUT2D eigenvalue weighted by Crippen LogP contribution is -1.89. The maximum Gasteiger partial charge on any atom is 0.396 e. The number of rotatable bonds is 6. The van der Waals surface area contributed by atoms with Crippen LogP contribution >= 0.6 is 21.8 Å². The van der Waals surface area contributed by atoms with Crippen molar-refractivity contribution in [3.05, 3.63) is 25.3 Å². The molecule has 0 aromatic carbocycles. The lowest BCUT2D eigenvalue weighted by atomic mass is 10.7. The predicted octanol–water partition coefficient (Wildman–Crippen LogP) is 2.89. The molecule has 0 bridgehead atoms. The van der Waals surface area contributed by atoms with Crippen LogP contribution in [0.3, 0.4) is 0 Å². The summed E-state index contributed by atoms with van der Waals surface area (Å²) in [6.45, 7) is 7.19.